The van der Waals surface area contributed by atoms with Crippen molar-refractivity contribution in [1.29, 1.82) is 0 Å². The maximum Gasteiger partial charge on any atom is 0.242 e. The van der Waals surface area contributed by atoms with E-state index in [1.54, 1.807) is 19.4 Å². The minimum Gasteiger partial charge on any atom is -0.384 e. The number of methoxy groups -OCH3 is 1. The van der Waals surface area contributed by atoms with Gasteiger partial charge in [0.05, 0.1) is 12.1 Å². The molecule has 1 heterocycles. The number of ether oxygens (including phenoxy) is 1. The molecule has 0 aliphatic heterocycles. The number of nitrogens with one attached hydrogen (secondary N) is 1. The van der Waals surface area contributed by atoms with Crippen molar-refractivity contribution >= 4 is 20.9 Å². The molecule has 1 aromatic carbocycles. The molecular weight excluding hydrogens is 312 g/mol. The molecule has 124 valence electrons. The van der Waals surface area contributed by atoms with E-state index in [4.69, 9.17) is 4.74 Å². The van der Waals surface area contributed by atoms with Crippen LogP contribution < -0.4 is 4.72 Å². The first kappa shape index (κ1) is 16.4. The van der Waals surface area contributed by atoms with Crippen LogP contribution in [-0.2, 0) is 14.8 Å². The second kappa shape index (κ2) is 6.19. The minimum atomic E-state index is -3.61. The first-order valence-electron chi connectivity index (χ1n) is 7.80. The molecule has 1 aromatic heterocycles. The molecule has 0 unspecified atom stereocenters. The summed E-state index contributed by atoms with van der Waals surface area (Å²) in [6, 6.07) is 7.32. The highest BCUT2D eigenvalue weighted by atomic mass is 32.2. The van der Waals surface area contributed by atoms with Crippen molar-refractivity contribution in [2.45, 2.75) is 31.1 Å². The van der Waals surface area contributed by atoms with E-state index in [1.807, 2.05) is 25.1 Å². The molecule has 0 atom stereocenters. The summed E-state index contributed by atoms with van der Waals surface area (Å²) in [4.78, 5) is 4.51. The van der Waals surface area contributed by atoms with Gasteiger partial charge < -0.3 is 4.74 Å². The number of aromatic nitrogens is 1. The Morgan fingerprint density at radius 1 is 1.35 bits per heavy atom. The summed E-state index contributed by atoms with van der Waals surface area (Å²) in [7, 11) is -1.95. The smallest absolute Gasteiger partial charge is 0.242 e. The summed E-state index contributed by atoms with van der Waals surface area (Å²) < 4.78 is 33.6. The fourth-order valence-electron chi connectivity index (χ4n) is 3.19. The van der Waals surface area contributed by atoms with Gasteiger partial charge >= 0.3 is 0 Å². The average molecular weight is 334 g/mol. The molecule has 2 aromatic rings. The maximum atomic E-state index is 12.8. The van der Waals surface area contributed by atoms with Crippen LogP contribution in [0.4, 0.5) is 0 Å². The quantitative estimate of drug-likeness (QED) is 0.882. The first-order valence-corrected chi connectivity index (χ1v) is 9.28. The number of aryl methyl sites for hydroxylation is 1. The van der Waals surface area contributed by atoms with Gasteiger partial charge in [0.25, 0.3) is 0 Å². The number of rotatable bonds is 6. The Labute approximate surface area is 137 Å². The predicted molar refractivity (Wildman–Crippen MR) is 89.8 cm³/mol. The molecule has 3 rings (SSSR count). The van der Waals surface area contributed by atoms with Gasteiger partial charge in [-0.15, -0.1) is 0 Å². The van der Waals surface area contributed by atoms with Gasteiger partial charge in [0, 0.05) is 30.7 Å². The molecule has 0 saturated heterocycles. The fourth-order valence-corrected chi connectivity index (χ4v) is 4.61. The van der Waals surface area contributed by atoms with E-state index in [0.717, 1.165) is 30.2 Å². The third kappa shape index (κ3) is 3.24. The van der Waals surface area contributed by atoms with Gasteiger partial charge in [-0.05, 0) is 43.5 Å². The van der Waals surface area contributed by atoms with E-state index in [-0.39, 0.29) is 10.3 Å². The van der Waals surface area contributed by atoms with Crippen LogP contribution >= 0.6 is 0 Å². The van der Waals surface area contributed by atoms with E-state index >= 15 is 0 Å². The molecule has 6 heteroatoms. The summed E-state index contributed by atoms with van der Waals surface area (Å²) in [5.74, 6) is 0. The van der Waals surface area contributed by atoms with E-state index in [9.17, 15) is 8.42 Å². The van der Waals surface area contributed by atoms with Crippen LogP contribution in [0.2, 0.25) is 0 Å². The molecule has 1 aliphatic carbocycles. The third-order valence-electron chi connectivity index (χ3n) is 4.61. The van der Waals surface area contributed by atoms with Crippen LogP contribution in [-0.4, -0.2) is 33.7 Å². The normalized spacial score (nSPS) is 17.1. The lowest BCUT2D eigenvalue weighted by atomic mass is 9.69. The van der Waals surface area contributed by atoms with Gasteiger partial charge in [0.1, 0.15) is 4.90 Å². The molecule has 1 aliphatic rings. The van der Waals surface area contributed by atoms with E-state index in [0.29, 0.717) is 18.7 Å². The Bertz CT molecular complexity index is 814. The zero-order valence-electron chi connectivity index (χ0n) is 13.5. The molecule has 0 bridgehead atoms. The summed E-state index contributed by atoms with van der Waals surface area (Å²) >= 11 is 0. The summed E-state index contributed by atoms with van der Waals surface area (Å²) in [5, 5.41) is 0.836. The maximum absolute atomic E-state index is 12.8. The molecule has 0 spiro atoms. The number of sulfonamides is 1. The fraction of sp³-hybridized carbons (Fsp3) is 0.471. The monoisotopic (exact) mass is 334 g/mol. The molecule has 0 amide bonds. The summed E-state index contributed by atoms with van der Waals surface area (Å²) in [5.41, 5.74) is 1.36. The lowest BCUT2D eigenvalue weighted by Gasteiger charge is -2.41. The topological polar surface area (TPSA) is 68.3 Å². The number of hydrogen-bond donors (Lipinski definition) is 1. The number of nitrogens with zero attached hydrogens (tertiary/aromatic N) is 1. The lowest BCUT2D eigenvalue weighted by Crippen LogP contribution is -2.45. The SMILES string of the molecule is COCC1(CNS(=O)(=O)c2cc(C)cc3cccnc23)CCC1. The van der Waals surface area contributed by atoms with Crippen molar-refractivity contribution in [3.63, 3.8) is 0 Å². The van der Waals surface area contributed by atoms with Gasteiger partial charge in [-0.1, -0.05) is 12.5 Å². The molecular formula is C17H22N2O3S. The van der Waals surface area contributed by atoms with Crippen LogP contribution in [0.25, 0.3) is 10.9 Å². The van der Waals surface area contributed by atoms with Gasteiger partial charge in [-0.2, -0.15) is 0 Å². The first-order chi connectivity index (χ1) is 11.0. The average Bonchev–Trinajstić information content (AvgIpc) is 2.49. The Morgan fingerprint density at radius 3 is 2.78 bits per heavy atom. The van der Waals surface area contributed by atoms with Crippen LogP contribution in [0.1, 0.15) is 24.8 Å². The Balaban J connectivity index is 1.91. The molecule has 5 nitrogen and oxygen atoms in total. The minimum absolute atomic E-state index is 0.0606. The highest BCUT2D eigenvalue weighted by Gasteiger charge is 2.38. The van der Waals surface area contributed by atoms with Crippen molar-refractivity contribution in [3.05, 3.63) is 36.0 Å². The Kier molecular flexibility index (Phi) is 4.40. The van der Waals surface area contributed by atoms with Crippen LogP contribution in [0, 0.1) is 12.3 Å². The number of benzene rings is 1. The highest BCUT2D eigenvalue weighted by Crippen LogP contribution is 2.40. The molecule has 1 N–H and O–H groups in total. The highest BCUT2D eigenvalue weighted by molar-refractivity contribution is 7.89. The molecule has 0 radical (unpaired) electrons. The third-order valence-corrected chi connectivity index (χ3v) is 6.02. The molecule has 23 heavy (non-hydrogen) atoms. The van der Waals surface area contributed by atoms with Crippen molar-refractivity contribution < 1.29 is 13.2 Å². The Morgan fingerprint density at radius 2 is 2.13 bits per heavy atom. The molecule has 1 saturated carbocycles. The van der Waals surface area contributed by atoms with E-state index in [2.05, 4.69) is 9.71 Å². The number of hydrogen-bond acceptors (Lipinski definition) is 4. The zero-order valence-corrected chi connectivity index (χ0v) is 14.3. The van der Waals surface area contributed by atoms with Gasteiger partial charge in [0.15, 0.2) is 0 Å². The van der Waals surface area contributed by atoms with Crippen LogP contribution in [0.3, 0.4) is 0 Å². The van der Waals surface area contributed by atoms with Gasteiger partial charge in [-0.25, -0.2) is 13.1 Å². The lowest BCUT2D eigenvalue weighted by molar-refractivity contribution is 0.0220. The van der Waals surface area contributed by atoms with Gasteiger partial charge in [-0.3, -0.25) is 4.98 Å². The van der Waals surface area contributed by atoms with Gasteiger partial charge in [0.2, 0.25) is 10.0 Å². The zero-order chi connectivity index (χ0) is 16.5. The van der Waals surface area contributed by atoms with Crippen LogP contribution in [0.5, 0.6) is 0 Å². The number of fused-ring (bicyclic) bond motifs is 1. The largest absolute Gasteiger partial charge is 0.384 e. The van der Waals surface area contributed by atoms with Crippen molar-refractivity contribution in [2.75, 3.05) is 20.3 Å². The Hall–Kier alpha value is -1.50. The predicted octanol–water partition coefficient (Wildman–Crippen LogP) is 2.64. The summed E-state index contributed by atoms with van der Waals surface area (Å²) in [6.07, 6.45) is 4.74. The standard InChI is InChI=1S/C17H22N2O3S/c1-13-9-14-5-3-8-18-16(14)15(10-13)23(20,21)19-11-17(12-22-2)6-4-7-17/h3,5,8-10,19H,4,6-7,11-12H2,1-2H3. The van der Waals surface area contributed by atoms with Crippen LogP contribution in [0.15, 0.2) is 35.4 Å². The molecule has 1 fully saturated rings. The number of pyridine rings is 1. The van der Waals surface area contributed by atoms with E-state index < -0.39 is 10.0 Å². The van der Waals surface area contributed by atoms with Crippen molar-refractivity contribution in [1.82, 2.24) is 9.71 Å². The second-order valence-electron chi connectivity index (χ2n) is 6.45. The van der Waals surface area contributed by atoms with Crippen molar-refractivity contribution in [2.24, 2.45) is 5.41 Å². The second-order valence-corrected chi connectivity index (χ2v) is 8.18. The van der Waals surface area contributed by atoms with E-state index in [1.165, 1.54) is 0 Å². The summed E-state index contributed by atoms with van der Waals surface area (Å²) in [6.45, 7) is 2.89. The van der Waals surface area contributed by atoms with Crippen molar-refractivity contribution in [3.8, 4) is 0 Å².